The molecule has 0 amide bonds. The zero-order valence-electron chi connectivity index (χ0n) is 21.5. The molecule has 210 valence electrons. The van der Waals surface area contributed by atoms with Crippen LogP contribution in [0.15, 0.2) is 6.07 Å². The van der Waals surface area contributed by atoms with Crippen molar-refractivity contribution in [3.8, 4) is 17.1 Å². The zero-order chi connectivity index (χ0) is 28.3. The number of ether oxygens (including phenoxy) is 1. The summed E-state index contributed by atoms with van der Waals surface area (Å²) in [6.07, 6.45) is -4.96. The fourth-order valence-corrected chi connectivity index (χ4v) is 4.90. The molecule has 3 aromatic rings. The fraction of sp³-hybridized carbons (Fsp3) is 0.480. The maximum absolute atomic E-state index is 16.3. The predicted molar refractivity (Wildman–Crippen MR) is 136 cm³/mol. The van der Waals surface area contributed by atoms with Gasteiger partial charge >= 0.3 is 6.18 Å². The highest BCUT2D eigenvalue weighted by Gasteiger charge is 2.41. The number of hydrogen-bond acceptors (Lipinski definition) is 9. The van der Waals surface area contributed by atoms with Gasteiger partial charge in [0.1, 0.15) is 28.2 Å². The van der Waals surface area contributed by atoms with Gasteiger partial charge in [-0.15, -0.1) is 0 Å². The number of nitrogens with zero attached hydrogens (tertiary/aromatic N) is 4. The van der Waals surface area contributed by atoms with E-state index in [1.807, 2.05) is 0 Å². The van der Waals surface area contributed by atoms with Gasteiger partial charge in [-0.2, -0.15) is 18.2 Å². The molecular weight excluding hydrogens is 525 g/mol. The SMILES string of the molecule is Cc1c(F)c(N)cc(-c2nc3c4c(nc(N5CC(C)(O)C5)nc4c2F)NCCNCC[C@H](C)O3)c1C(F)(F)F. The number of anilines is 3. The molecule has 1 fully saturated rings. The summed E-state index contributed by atoms with van der Waals surface area (Å²) in [7, 11) is 0. The highest BCUT2D eigenvalue weighted by molar-refractivity contribution is 5.97. The molecule has 0 unspecified atom stereocenters. The highest BCUT2D eigenvalue weighted by atomic mass is 19.4. The molecule has 5 rings (SSSR count). The molecule has 5 N–H and O–H groups in total. The van der Waals surface area contributed by atoms with Crippen LogP contribution in [0.2, 0.25) is 0 Å². The summed E-state index contributed by atoms with van der Waals surface area (Å²) in [5.41, 5.74) is 0.132. The number of β-amino-alcohol motifs (C(OH)–C–C–N with tert-alkyl or cyclic N) is 1. The Morgan fingerprint density at radius 3 is 2.51 bits per heavy atom. The minimum absolute atomic E-state index is 0.0568. The second-order valence-electron chi connectivity index (χ2n) is 10.2. The van der Waals surface area contributed by atoms with Crippen LogP contribution in [0.1, 0.15) is 31.4 Å². The maximum atomic E-state index is 16.3. The van der Waals surface area contributed by atoms with E-state index in [4.69, 9.17) is 10.5 Å². The molecule has 14 heteroatoms. The van der Waals surface area contributed by atoms with Crippen LogP contribution in [0.25, 0.3) is 22.2 Å². The predicted octanol–water partition coefficient (Wildman–Crippen LogP) is 3.62. The maximum Gasteiger partial charge on any atom is 0.417 e. The normalized spacial score (nSPS) is 19.6. The number of aromatic nitrogens is 3. The molecular formula is C25H28F5N7O2. The van der Waals surface area contributed by atoms with Crippen LogP contribution in [-0.4, -0.2) is 64.5 Å². The Morgan fingerprint density at radius 2 is 1.85 bits per heavy atom. The number of nitrogen functional groups attached to an aromatic ring is 1. The second kappa shape index (κ2) is 9.59. The van der Waals surface area contributed by atoms with Crippen molar-refractivity contribution < 1.29 is 31.8 Å². The first-order chi connectivity index (χ1) is 18.3. The first kappa shape index (κ1) is 27.1. The van der Waals surface area contributed by atoms with Gasteiger partial charge in [-0.1, -0.05) is 0 Å². The molecule has 0 bridgehead atoms. The van der Waals surface area contributed by atoms with Crippen molar-refractivity contribution >= 4 is 28.4 Å². The monoisotopic (exact) mass is 553 g/mol. The van der Waals surface area contributed by atoms with Crippen LogP contribution < -0.4 is 26.0 Å². The van der Waals surface area contributed by atoms with E-state index < -0.39 is 57.6 Å². The van der Waals surface area contributed by atoms with Crippen molar-refractivity contribution in [1.29, 1.82) is 0 Å². The molecule has 4 heterocycles. The third-order valence-electron chi connectivity index (χ3n) is 6.79. The Labute approximate surface area is 220 Å². The summed E-state index contributed by atoms with van der Waals surface area (Å²) in [5.74, 6) is -2.34. The van der Waals surface area contributed by atoms with E-state index in [0.717, 1.165) is 13.0 Å². The Hall–Kier alpha value is -3.52. The Bertz CT molecular complexity index is 1440. The van der Waals surface area contributed by atoms with Gasteiger partial charge in [-0.25, -0.2) is 18.7 Å². The third-order valence-corrected chi connectivity index (χ3v) is 6.79. The molecule has 0 radical (unpaired) electrons. The number of hydrogen-bond donors (Lipinski definition) is 4. The van der Waals surface area contributed by atoms with Gasteiger partial charge in [0.15, 0.2) is 5.82 Å². The molecule has 0 saturated carbocycles. The summed E-state index contributed by atoms with van der Waals surface area (Å²) < 4.78 is 79.3. The zero-order valence-corrected chi connectivity index (χ0v) is 21.5. The van der Waals surface area contributed by atoms with E-state index in [2.05, 4.69) is 25.6 Å². The number of alkyl halides is 3. The average Bonchev–Trinajstić information content (AvgIpc) is 2.86. The third kappa shape index (κ3) is 4.98. The first-order valence-electron chi connectivity index (χ1n) is 12.4. The van der Waals surface area contributed by atoms with E-state index in [-0.39, 0.29) is 41.6 Å². The minimum Gasteiger partial charge on any atom is -0.474 e. The van der Waals surface area contributed by atoms with Gasteiger partial charge in [-0.05, 0) is 45.4 Å². The molecule has 1 aromatic carbocycles. The number of aliphatic hydroxyl groups is 1. The van der Waals surface area contributed by atoms with Gasteiger partial charge in [0.05, 0.1) is 36.0 Å². The van der Waals surface area contributed by atoms with Crippen LogP contribution in [-0.2, 0) is 6.18 Å². The van der Waals surface area contributed by atoms with E-state index >= 15 is 4.39 Å². The molecule has 0 spiro atoms. The second-order valence-corrected chi connectivity index (χ2v) is 10.2. The number of rotatable bonds is 2. The van der Waals surface area contributed by atoms with E-state index in [1.54, 1.807) is 18.7 Å². The molecule has 2 aliphatic rings. The summed E-state index contributed by atoms with van der Waals surface area (Å²) in [5, 5.41) is 16.6. The van der Waals surface area contributed by atoms with Gasteiger partial charge in [0.2, 0.25) is 11.8 Å². The van der Waals surface area contributed by atoms with Crippen LogP contribution in [0.4, 0.5) is 39.4 Å². The number of benzene rings is 1. The molecule has 2 aromatic heterocycles. The van der Waals surface area contributed by atoms with Crippen LogP contribution >= 0.6 is 0 Å². The first-order valence-corrected chi connectivity index (χ1v) is 12.4. The molecule has 9 nitrogen and oxygen atoms in total. The topological polar surface area (TPSA) is 121 Å². The number of pyridine rings is 1. The van der Waals surface area contributed by atoms with Crippen LogP contribution in [0.3, 0.4) is 0 Å². The van der Waals surface area contributed by atoms with Crippen LogP contribution in [0.5, 0.6) is 5.88 Å². The highest BCUT2D eigenvalue weighted by Crippen LogP contribution is 2.45. The Balaban J connectivity index is 1.82. The Morgan fingerprint density at radius 1 is 1.13 bits per heavy atom. The van der Waals surface area contributed by atoms with Crippen molar-refractivity contribution in [3.05, 3.63) is 28.8 Å². The summed E-state index contributed by atoms with van der Waals surface area (Å²) in [6.45, 7) is 6.18. The lowest BCUT2D eigenvalue weighted by Gasteiger charge is -2.44. The molecule has 1 atom stereocenters. The summed E-state index contributed by atoms with van der Waals surface area (Å²) >= 11 is 0. The smallest absolute Gasteiger partial charge is 0.417 e. The van der Waals surface area contributed by atoms with Gasteiger partial charge in [0, 0.05) is 18.7 Å². The largest absolute Gasteiger partial charge is 0.474 e. The van der Waals surface area contributed by atoms with Crippen molar-refractivity contribution in [2.24, 2.45) is 0 Å². The number of halogens is 5. The van der Waals surface area contributed by atoms with Gasteiger partial charge in [-0.3, -0.25) is 0 Å². The fourth-order valence-electron chi connectivity index (χ4n) is 4.90. The molecule has 1 saturated heterocycles. The molecule has 39 heavy (non-hydrogen) atoms. The number of nitrogens with two attached hydrogens (primary N) is 1. The lowest BCUT2D eigenvalue weighted by atomic mass is 9.96. The summed E-state index contributed by atoms with van der Waals surface area (Å²) in [4.78, 5) is 14.7. The lowest BCUT2D eigenvalue weighted by Crippen LogP contribution is -2.60. The van der Waals surface area contributed by atoms with Crippen LogP contribution in [0, 0.1) is 18.6 Å². The minimum atomic E-state index is -5.04. The lowest BCUT2D eigenvalue weighted by molar-refractivity contribution is -0.137. The van der Waals surface area contributed by atoms with Crippen molar-refractivity contribution in [1.82, 2.24) is 20.3 Å². The average molecular weight is 554 g/mol. The van der Waals surface area contributed by atoms with Crippen molar-refractivity contribution in [2.45, 2.75) is 45.1 Å². The van der Waals surface area contributed by atoms with Crippen molar-refractivity contribution in [3.63, 3.8) is 0 Å². The van der Waals surface area contributed by atoms with E-state index in [0.29, 0.717) is 26.1 Å². The van der Waals surface area contributed by atoms with E-state index in [9.17, 15) is 22.7 Å². The summed E-state index contributed by atoms with van der Waals surface area (Å²) in [6, 6.07) is 0.724. The van der Waals surface area contributed by atoms with Crippen molar-refractivity contribution in [2.75, 3.05) is 48.7 Å². The van der Waals surface area contributed by atoms with E-state index in [1.165, 1.54) is 0 Å². The standard InChI is InChI=1S/C25H28F5N7O2/c1-11-4-5-32-6-7-33-21-15-20(35-23(36-21)37-9-24(3,38)10-37)18(27)19(34-22(15)39-11)13-8-14(31)17(26)12(2)16(13)25(28,29)30/h8,11,32,38H,4-7,9-10,31H2,1-3H3,(H,33,35,36)/t11-/m0/s1. The quantitative estimate of drug-likeness (QED) is 0.279. The Kier molecular flexibility index (Phi) is 6.66. The van der Waals surface area contributed by atoms with Gasteiger partial charge < -0.3 is 31.1 Å². The molecule has 0 aliphatic carbocycles. The molecule has 2 aliphatic heterocycles. The number of nitrogens with one attached hydrogen (secondary N) is 2. The van der Waals surface area contributed by atoms with Gasteiger partial charge in [0.25, 0.3) is 0 Å².